The van der Waals surface area contributed by atoms with E-state index in [1.165, 1.54) is 173 Å². The standard InChI is InChI=1S/C42H72O4.C14H28O2/c1-5-6-7-8-9-10-11-12-13-14-15-16-17-18-19-20-40(45)46-34-27-29-41(3)33(31-34)22-23-35-37-25-24-36(32(2)21-26-39(43)44)42(37,4)30-28-38(35)41;1-2-3-4-5-6-7-8-9-10-11-12-13-14(15)16/h12-13,32-38H,5-11,14-31H2,1-4H3,(H,43,44);2-13H2,1H3,(H,15,16)/b13-12-;/t32-,33?,34-,35?,36-,37?,38?,41+,42-;/m1./s1. The van der Waals surface area contributed by atoms with Crippen LogP contribution in [0.2, 0.25) is 0 Å². The summed E-state index contributed by atoms with van der Waals surface area (Å²) in [6, 6.07) is 0. The van der Waals surface area contributed by atoms with Crippen molar-refractivity contribution in [1.29, 1.82) is 0 Å². The van der Waals surface area contributed by atoms with Crippen molar-refractivity contribution >= 4 is 17.9 Å². The minimum absolute atomic E-state index is 0.0439. The molecule has 0 bridgehead atoms. The van der Waals surface area contributed by atoms with Gasteiger partial charge in [0.15, 0.2) is 0 Å². The maximum atomic E-state index is 12.8. The van der Waals surface area contributed by atoms with Crippen molar-refractivity contribution in [2.75, 3.05) is 0 Å². The Morgan fingerprint density at radius 3 is 1.60 bits per heavy atom. The molecule has 9 atom stereocenters. The van der Waals surface area contributed by atoms with Gasteiger partial charge in [-0.2, -0.15) is 0 Å². The van der Waals surface area contributed by atoms with Gasteiger partial charge >= 0.3 is 17.9 Å². The fourth-order valence-corrected chi connectivity index (χ4v) is 13.4. The summed E-state index contributed by atoms with van der Waals surface area (Å²) in [5.74, 6) is 3.07. The van der Waals surface area contributed by atoms with Gasteiger partial charge in [-0.3, -0.25) is 14.4 Å². The van der Waals surface area contributed by atoms with Crippen LogP contribution in [0.1, 0.15) is 272 Å². The number of carboxylic acids is 2. The Bertz CT molecular complexity index is 1240. The SMILES string of the molecule is CCCCCCCC/C=C\CCCCCCCC(=O)O[C@@H]1CC[C@@]2(C)C(CCC3C2CC[C@@]2(C)C3CC[C@@H]2[C@H](C)CCC(=O)O)C1.CCCCCCCCCCCCCC(=O)O. The molecular formula is C56H100O6. The number of rotatable bonds is 32. The summed E-state index contributed by atoms with van der Waals surface area (Å²) in [6.07, 6.45) is 48.9. The molecule has 4 unspecified atom stereocenters. The number of aliphatic carboxylic acids is 2. The van der Waals surface area contributed by atoms with Crippen LogP contribution in [-0.2, 0) is 19.1 Å². The van der Waals surface area contributed by atoms with Crippen LogP contribution in [0.3, 0.4) is 0 Å². The lowest BCUT2D eigenvalue weighted by molar-refractivity contribution is -0.162. The molecule has 0 aromatic heterocycles. The number of carbonyl (C=O) groups excluding carboxylic acids is 1. The molecule has 0 amide bonds. The molecular weight excluding hydrogens is 769 g/mol. The van der Waals surface area contributed by atoms with Crippen LogP contribution in [0.25, 0.3) is 0 Å². The van der Waals surface area contributed by atoms with E-state index in [0.717, 1.165) is 62.7 Å². The third-order valence-corrected chi connectivity index (χ3v) is 17.1. The molecule has 0 spiro atoms. The van der Waals surface area contributed by atoms with E-state index in [9.17, 15) is 19.5 Å². The van der Waals surface area contributed by atoms with E-state index in [0.29, 0.717) is 47.8 Å². The van der Waals surface area contributed by atoms with Gasteiger partial charge in [0, 0.05) is 19.3 Å². The molecule has 2 N–H and O–H groups in total. The van der Waals surface area contributed by atoms with Crippen LogP contribution in [0, 0.1) is 46.3 Å². The topological polar surface area (TPSA) is 101 Å². The van der Waals surface area contributed by atoms with E-state index in [1.54, 1.807) is 0 Å². The van der Waals surface area contributed by atoms with Crippen molar-refractivity contribution in [2.24, 2.45) is 46.3 Å². The first-order chi connectivity index (χ1) is 30.0. The predicted molar refractivity (Wildman–Crippen MR) is 259 cm³/mol. The highest BCUT2D eigenvalue weighted by Crippen LogP contribution is 2.68. The van der Waals surface area contributed by atoms with Gasteiger partial charge in [0.2, 0.25) is 0 Å². The zero-order valence-corrected chi connectivity index (χ0v) is 41.4. The van der Waals surface area contributed by atoms with Crippen LogP contribution in [0.5, 0.6) is 0 Å². The van der Waals surface area contributed by atoms with E-state index in [4.69, 9.17) is 9.84 Å². The molecule has 0 aliphatic heterocycles. The summed E-state index contributed by atoms with van der Waals surface area (Å²) >= 11 is 0. The van der Waals surface area contributed by atoms with Crippen LogP contribution in [0.15, 0.2) is 12.2 Å². The van der Waals surface area contributed by atoms with E-state index < -0.39 is 11.9 Å². The Balaban J connectivity index is 0.000000542. The number of unbranched alkanes of at least 4 members (excludes halogenated alkanes) is 21. The quantitative estimate of drug-likeness (QED) is 0.0397. The number of allylic oxidation sites excluding steroid dienone is 2. The molecule has 0 saturated heterocycles. The number of carboxylic acid groups (broad SMARTS) is 2. The third kappa shape index (κ3) is 19.3. The average Bonchev–Trinajstić information content (AvgIpc) is 3.61. The highest BCUT2D eigenvalue weighted by Gasteiger charge is 2.60. The number of hydrogen-bond donors (Lipinski definition) is 2. The largest absolute Gasteiger partial charge is 0.481 e. The van der Waals surface area contributed by atoms with Gasteiger partial charge in [0.25, 0.3) is 0 Å². The zero-order chi connectivity index (χ0) is 45.1. The molecule has 6 nitrogen and oxygen atoms in total. The van der Waals surface area contributed by atoms with E-state index in [2.05, 4.69) is 46.8 Å². The summed E-state index contributed by atoms with van der Waals surface area (Å²) in [5, 5.41) is 17.7. The molecule has 0 radical (unpaired) electrons. The average molecular weight is 869 g/mol. The lowest BCUT2D eigenvalue weighted by atomic mass is 9.44. The molecule has 0 aromatic rings. The lowest BCUT2D eigenvalue weighted by Crippen LogP contribution is -2.54. The maximum Gasteiger partial charge on any atom is 0.306 e. The molecule has 6 heteroatoms. The van der Waals surface area contributed by atoms with Gasteiger partial charge in [-0.05, 0) is 149 Å². The molecule has 360 valence electrons. The summed E-state index contributed by atoms with van der Waals surface area (Å²) in [7, 11) is 0. The Labute approximate surface area is 382 Å². The van der Waals surface area contributed by atoms with Crippen molar-refractivity contribution in [3.63, 3.8) is 0 Å². The first-order valence-electron chi connectivity index (χ1n) is 27.2. The van der Waals surface area contributed by atoms with Gasteiger partial charge in [-0.25, -0.2) is 0 Å². The van der Waals surface area contributed by atoms with Crippen molar-refractivity contribution in [3.8, 4) is 0 Å². The van der Waals surface area contributed by atoms with Gasteiger partial charge in [0.1, 0.15) is 6.10 Å². The second-order valence-electron chi connectivity index (χ2n) is 21.7. The van der Waals surface area contributed by atoms with Crippen molar-refractivity contribution < 1.29 is 29.3 Å². The molecule has 0 aromatic carbocycles. The maximum absolute atomic E-state index is 12.8. The first kappa shape index (κ1) is 54.5. The highest BCUT2D eigenvalue weighted by atomic mass is 16.5. The van der Waals surface area contributed by atoms with Gasteiger partial charge in [-0.1, -0.05) is 162 Å². The van der Waals surface area contributed by atoms with Crippen molar-refractivity contribution in [2.45, 2.75) is 278 Å². The zero-order valence-electron chi connectivity index (χ0n) is 41.4. The number of carbonyl (C=O) groups is 3. The predicted octanol–water partition coefficient (Wildman–Crippen LogP) is 16.9. The van der Waals surface area contributed by atoms with Gasteiger partial charge in [-0.15, -0.1) is 0 Å². The Hall–Kier alpha value is -1.85. The van der Waals surface area contributed by atoms with Gasteiger partial charge in [0.05, 0.1) is 0 Å². The molecule has 4 saturated carbocycles. The molecule has 4 aliphatic carbocycles. The smallest absolute Gasteiger partial charge is 0.306 e. The highest BCUT2D eigenvalue weighted by molar-refractivity contribution is 5.69. The summed E-state index contributed by atoms with van der Waals surface area (Å²) < 4.78 is 6.12. The van der Waals surface area contributed by atoms with Crippen molar-refractivity contribution in [3.05, 3.63) is 12.2 Å². The summed E-state index contributed by atoms with van der Waals surface area (Å²) in [4.78, 5) is 34.3. The third-order valence-electron chi connectivity index (χ3n) is 17.1. The first-order valence-corrected chi connectivity index (χ1v) is 27.2. The van der Waals surface area contributed by atoms with E-state index >= 15 is 0 Å². The number of hydrogen-bond acceptors (Lipinski definition) is 4. The molecule has 62 heavy (non-hydrogen) atoms. The Morgan fingerprint density at radius 2 is 1.05 bits per heavy atom. The van der Waals surface area contributed by atoms with E-state index in [-0.39, 0.29) is 12.1 Å². The molecule has 0 heterocycles. The summed E-state index contributed by atoms with van der Waals surface area (Å²) in [6.45, 7) is 12.0. The minimum atomic E-state index is -0.657. The second-order valence-corrected chi connectivity index (χ2v) is 21.7. The van der Waals surface area contributed by atoms with Crippen LogP contribution >= 0.6 is 0 Å². The monoisotopic (exact) mass is 869 g/mol. The van der Waals surface area contributed by atoms with E-state index in [1.807, 2.05) is 0 Å². The Morgan fingerprint density at radius 1 is 0.565 bits per heavy atom. The normalized spacial score (nSPS) is 28.3. The number of esters is 1. The fraction of sp³-hybridized carbons (Fsp3) is 0.911. The number of ether oxygens (including phenoxy) is 1. The van der Waals surface area contributed by atoms with Gasteiger partial charge < -0.3 is 14.9 Å². The second kappa shape index (κ2) is 31.1. The lowest BCUT2D eigenvalue weighted by Gasteiger charge is -2.61. The summed E-state index contributed by atoms with van der Waals surface area (Å²) in [5.41, 5.74) is 0.780. The molecule has 4 rings (SSSR count). The fourth-order valence-electron chi connectivity index (χ4n) is 13.4. The molecule has 4 aliphatic rings. The molecule has 4 fully saturated rings. The minimum Gasteiger partial charge on any atom is -0.481 e. The van der Waals surface area contributed by atoms with Crippen LogP contribution in [0.4, 0.5) is 0 Å². The van der Waals surface area contributed by atoms with Crippen LogP contribution < -0.4 is 0 Å². The van der Waals surface area contributed by atoms with Crippen LogP contribution in [-0.4, -0.2) is 34.2 Å². The van der Waals surface area contributed by atoms with Crippen molar-refractivity contribution in [1.82, 2.24) is 0 Å². The number of fused-ring (bicyclic) bond motifs is 5. The Kier molecular flexibility index (Phi) is 27.4.